The van der Waals surface area contributed by atoms with Gasteiger partial charge < -0.3 is 14.8 Å². The molecule has 3 nitrogen and oxygen atoms in total. The highest BCUT2D eigenvalue weighted by atomic mass is 16.6. The number of nitrogens with one attached hydrogen (secondary N) is 1. The minimum atomic E-state index is 0.360. The summed E-state index contributed by atoms with van der Waals surface area (Å²) in [5, 5.41) is 3.81. The summed E-state index contributed by atoms with van der Waals surface area (Å²) in [4.78, 5) is 0. The third-order valence-electron chi connectivity index (χ3n) is 4.81. The van der Waals surface area contributed by atoms with Crippen LogP contribution in [0.3, 0.4) is 0 Å². The van der Waals surface area contributed by atoms with Gasteiger partial charge in [0.1, 0.15) is 13.2 Å². The summed E-state index contributed by atoms with van der Waals surface area (Å²) in [5.74, 6) is 2.66. The fraction of sp³-hybridized carbons (Fsp3) is 0.667. The zero-order chi connectivity index (χ0) is 14.7. The van der Waals surface area contributed by atoms with Gasteiger partial charge in [0.05, 0.1) is 0 Å². The molecule has 1 heterocycles. The second-order valence-corrected chi connectivity index (χ2v) is 6.60. The van der Waals surface area contributed by atoms with Crippen LogP contribution in [0, 0.1) is 5.92 Å². The molecular weight excluding hydrogens is 262 g/mol. The lowest BCUT2D eigenvalue weighted by Crippen LogP contribution is -2.31. The largest absolute Gasteiger partial charge is 0.486 e. The topological polar surface area (TPSA) is 30.5 Å². The molecule has 0 radical (unpaired) electrons. The van der Waals surface area contributed by atoms with Crippen LogP contribution in [0.15, 0.2) is 18.2 Å². The Morgan fingerprint density at radius 2 is 1.86 bits per heavy atom. The van der Waals surface area contributed by atoms with Crippen molar-refractivity contribution in [2.24, 2.45) is 5.92 Å². The molecule has 2 aliphatic rings. The van der Waals surface area contributed by atoms with Crippen LogP contribution in [0.1, 0.15) is 57.6 Å². The SMILES string of the molecule is CC1CCCC(NC(C)c2ccc3c(c2)OCCO3)CC1. The number of hydrogen-bond acceptors (Lipinski definition) is 3. The number of benzene rings is 1. The lowest BCUT2D eigenvalue weighted by Gasteiger charge is -2.24. The third kappa shape index (κ3) is 3.70. The minimum absolute atomic E-state index is 0.360. The molecule has 0 saturated heterocycles. The molecule has 3 unspecified atom stereocenters. The van der Waals surface area contributed by atoms with Crippen molar-refractivity contribution in [2.45, 2.75) is 58.0 Å². The maximum absolute atomic E-state index is 5.69. The van der Waals surface area contributed by atoms with Crippen LogP contribution < -0.4 is 14.8 Å². The number of fused-ring (bicyclic) bond motifs is 1. The molecule has 0 amide bonds. The quantitative estimate of drug-likeness (QED) is 0.851. The minimum Gasteiger partial charge on any atom is -0.486 e. The summed E-state index contributed by atoms with van der Waals surface area (Å²) >= 11 is 0. The smallest absolute Gasteiger partial charge is 0.161 e. The Hall–Kier alpha value is -1.22. The van der Waals surface area contributed by atoms with E-state index < -0.39 is 0 Å². The van der Waals surface area contributed by atoms with Crippen LogP contribution >= 0.6 is 0 Å². The van der Waals surface area contributed by atoms with E-state index >= 15 is 0 Å². The molecule has 0 aromatic heterocycles. The van der Waals surface area contributed by atoms with Gasteiger partial charge in [-0.05, 0) is 49.8 Å². The summed E-state index contributed by atoms with van der Waals surface area (Å²) in [6.07, 6.45) is 6.70. The summed E-state index contributed by atoms with van der Waals surface area (Å²) in [5.41, 5.74) is 1.29. The van der Waals surface area contributed by atoms with E-state index in [1.165, 1.54) is 37.7 Å². The number of hydrogen-bond donors (Lipinski definition) is 1. The molecule has 1 N–H and O–H groups in total. The summed E-state index contributed by atoms with van der Waals surface area (Å²) in [6, 6.07) is 7.34. The Bertz CT molecular complexity index is 474. The van der Waals surface area contributed by atoms with Gasteiger partial charge in [-0.2, -0.15) is 0 Å². The molecule has 3 atom stereocenters. The van der Waals surface area contributed by atoms with Crippen LogP contribution in [-0.2, 0) is 0 Å². The van der Waals surface area contributed by atoms with Gasteiger partial charge in [0.15, 0.2) is 11.5 Å². The monoisotopic (exact) mass is 289 g/mol. The van der Waals surface area contributed by atoms with Gasteiger partial charge >= 0.3 is 0 Å². The Kier molecular flexibility index (Phi) is 4.69. The summed E-state index contributed by atoms with van der Waals surface area (Å²) < 4.78 is 11.3. The van der Waals surface area contributed by atoms with Crippen molar-refractivity contribution in [3.63, 3.8) is 0 Å². The zero-order valence-electron chi connectivity index (χ0n) is 13.2. The first-order chi connectivity index (χ1) is 10.2. The highest BCUT2D eigenvalue weighted by Gasteiger charge is 2.19. The van der Waals surface area contributed by atoms with Crippen molar-refractivity contribution < 1.29 is 9.47 Å². The first kappa shape index (κ1) is 14.7. The molecule has 21 heavy (non-hydrogen) atoms. The Labute approximate surface area is 128 Å². The van der Waals surface area contributed by atoms with Crippen molar-refractivity contribution in [3.8, 4) is 11.5 Å². The van der Waals surface area contributed by atoms with E-state index in [9.17, 15) is 0 Å². The number of ether oxygens (including phenoxy) is 2. The van der Waals surface area contributed by atoms with Crippen molar-refractivity contribution in [1.82, 2.24) is 5.32 Å². The van der Waals surface area contributed by atoms with E-state index in [0.717, 1.165) is 17.4 Å². The second kappa shape index (κ2) is 6.69. The van der Waals surface area contributed by atoms with Crippen molar-refractivity contribution in [1.29, 1.82) is 0 Å². The highest BCUT2D eigenvalue weighted by Crippen LogP contribution is 2.33. The van der Waals surface area contributed by atoms with E-state index in [1.807, 2.05) is 6.07 Å². The maximum atomic E-state index is 5.69. The molecule has 1 aromatic carbocycles. The third-order valence-corrected chi connectivity index (χ3v) is 4.81. The first-order valence-electron chi connectivity index (χ1n) is 8.38. The normalized spacial score (nSPS) is 27.0. The van der Waals surface area contributed by atoms with Crippen LogP contribution in [0.5, 0.6) is 11.5 Å². The molecule has 3 rings (SSSR count). The first-order valence-corrected chi connectivity index (χ1v) is 8.38. The molecule has 0 bridgehead atoms. The summed E-state index contributed by atoms with van der Waals surface area (Å²) in [6.45, 7) is 5.94. The van der Waals surface area contributed by atoms with Gasteiger partial charge in [0.25, 0.3) is 0 Å². The van der Waals surface area contributed by atoms with E-state index in [4.69, 9.17) is 9.47 Å². The van der Waals surface area contributed by atoms with Crippen molar-refractivity contribution in [2.75, 3.05) is 13.2 Å². The van der Waals surface area contributed by atoms with Gasteiger partial charge in [0.2, 0.25) is 0 Å². The van der Waals surface area contributed by atoms with E-state index in [0.29, 0.717) is 25.3 Å². The molecule has 1 fully saturated rings. The standard InChI is InChI=1S/C18H27NO2/c1-13-4-3-5-16(8-6-13)19-14(2)15-7-9-17-18(12-15)21-11-10-20-17/h7,9,12-14,16,19H,3-6,8,10-11H2,1-2H3. The fourth-order valence-corrected chi connectivity index (χ4v) is 3.43. The van der Waals surface area contributed by atoms with Gasteiger partial charge in [0, 0.05) is 12.1 Å². The van der Waals surface area contributed by atoms with Crippen LogP contribution in [0.25, 0.3) is 0 Å². The average Bonchev–Trinajstić information content (AvgIpc) is 2.71. The van der Waals surface area contributed by atoms with Gasteiger partial charge in [-0.25, -0.2) is 0 Å². The zero-order valence-corrected chi connectivity index (χ0v) is 13.2. The lowest BCUT2D eigenvalue weighted by atomic mass is 10.0. The van der Waals surface area contributed by atoms with Crippen LogP contribution in [0.2, 0.25) is 0 Å². The highest BCUT2D eigenvalue weighted by molar-refractivity contribution is 5.44. The van der Waals surface area contributed by atoms with Crippen molar-refractivity contribution in [3.05, 3.63) is 23.8 Å². The predicted octanol–water partition coefficient (Wildman–Crippen LogP) is 4.08. The van der Waals surface area contributed by atoms with E-state index in [-0.39, 0.29) is 0 Å². The predicted molar refractivity (Wildman–Crippen MR) is 85.0 cm³/mol. The van der Waals surface area contributed by atoms with Crippen molar-refractivity contribution >= 4 is 0 Å². The maximum Gasteiger partial charge on any atom is 0.161 e. The van der Waals surface area contributed by atoms with Crippen LogP contribution in [0.4, 0.5) is 0 Å². The van der Waals surface area contributed by atoms with E-state index in [1.54, 1.807) is 0 Å². The molecular formula is C18H27NO2. The molecule has 116 valence electrons. The van der Waals surface area contributed by atoms with Gasteiger partial charge in [-0.3, -0.25) is 0 Å². The van der Waals surface area contributed by atoms with Gasteiger partial charge in [-0.1, -0.05) is 25.8 Å². The average molecular weight is 289 g/mol. The van der Waals surface area contributed by atoms with E-state index in [2.05, 4.69) is 31.3 Å². The molecule has 1 aliphatic carbocycles. The van der Waals surface area contributed by atoms with Crippen LogP contribution in [-0.4, -0.2) is 19.3 Å². The molecule has 0 spiro atoms. The fourth-order valence-electron chi connectivity index (χ4n) is 3.43. The molecule has 1 aliphatic heterocycles. The number of rotatable bonds is 3. The lowest BCUT2D eigenvalue weighted by molar-refractivity contribution is 0.171. The Morgan fingerprint density at radius 1 is 1.05 bits per heavy atom. The molecule has 3 heteroatoms. The molecule has 1 aromatic rings. The summed E-state index contributed by atoms with van der Waals surface area (Å²) in [7, 11) is 0. The van der Waals surface area contributed by atoms with Gasteiger partial charge in [-0.15, -0.1) is 0 Å². The Morgan fingerprint density at radius 3 is 2.71 bits per heavy atom. The second-order valence-electron chi connectivity index (χ2n) is 6.60. The molecule has 1 saturated carbocycles. The Balaban J connectivity index is 1.63.